The minimum absolute atomic E-state index is 0.0881. The molecule has 0 saturated heterocycles. The van der Waals surface area contributed by atoms with Gasteiger partial charge >= 0.3 is 5.97 Å². The zero-order valence-electron chi connectivity index (χ0n) is 9.90. The molecule has 1 unspecified atom stereocenters. The number of nitrogens with one attached hydrogen (secondary N) is 2. The fraction of sp³-hybridized carbons (Fsp3) is 0.250. The second-order valence-corrected chi connectivity index (χ2v) is 3.78. The lowest BCUT2D eigenvalue weighted by Crippen LogP contribution is -2.42. The van der Waals surface area contributed by atoms with Gasteiger partial charge in [-0.3, -0.25) is 9.59 Å². The van der Waals surface area contributed by atoms with Crippen LogP contribution in [0.4, 0.5) is 0 Å². The summed E-state index contributed by atoms with van der Waals surface area (Å²) >= 11 is 0. The number of carboxylic acid groups (broad SMARTS) is 1. The second kappa shape index (κ2) is 5.81. The summed E-state index contributed by atoms with van der Waals surface area (Å²) in [5.41, 5.74) is 0.0554. The lowest BCUT2D eigenvalue weighted by molar-refractivity contribution is -0.139. The number of carboxylic acids is 1. The van der Waals surface area contributed by atoms with Gasteiger partial charge in [-0.15, -0.1) is 6.58 Å². The van der Waals surface area contributed by atoms with Gasteiger partial charge in [0.15, 0.2) is 5.43 Å². The van der Waals surface area contributed by atoms with E-state index in [2.05, 4.69) is 16.9 Å². The fourth-order valence-corrected chi connectivity index (χ4v) is 1.37. The molecule has 1 heterocycles. The van der Waals surface area contributed by atoms with Crippen molar-refractivity contribution >= 4 is 11.9 Å². The quantitative estimate of drug-likeness (QED) is 0.660. The third kappa shape index (κ3) is 3.31. The van der Waals surface area contributed by atoms with Gasteiger partial charge in [-0.05, 0) is 13.3 Å². The third-order valence-electron chi connectivity index (χ3n) is 2.31. The Labute approximate surface area is 103 Å². The largest absolute Gasteiger partial charge is 0.480 e. The molecule has 6 heteroatoms. The molecule has 1 amide bonds. The highest BCUT2D eigenvalue weighted by atomic mass is 16.4. The van der Waals surface area contributed by atoms with Crippen molar-refractivity contribution in [3.8, 4) is 0 Å². The lowest BCUT2D eigenvalue weighted by Gasteiger charge is -2.12. The predicted molar refractivity (Wildman–Crippen MR) is 65.5 cm³/mol. The Balaban J connectivity index is 2.90. The van der Waals surface area contributed by atoms with E-state index in [-0.39, 0.29) is 12.0 Å². The van der Waals surface area contributed by atoms with Gasteiger partial charge in [0.25, 0.3) is 5.91 Å². The van der Waals surface area contributed by atoms with Gasteiger partial charge in [0, 0.05) is 18.0 Å². The number of carbonyl (C=O) groups is 2. The van der Waals surface area contributed by atoms with E-state index in [1.807, 2.05) is 0 Å². The Morgan fingerprint density at radius 2 is 2.28 bits per heavy atom. The van der Waals surface area contributed by atoms with Crippen LogP contribution < -0.4 is 10.7 Å². The normalized spacial score (nSPS) is 11.6. The van der Waals surface area contributed by atoms with Gasteiger partial charge < -0.3 is 15.4 Å². The first-order chi connectivity index (χ1) is 8.45. The Morgan fingerprint density at radius 3 is 2.78 bits per heavy atom. The summed E-state index contributed by atoms with van der Waals surface area (Å²) < 4.78 is 0. The molecule has 0 fully saturated rings. The summed E-state index contributed by atoms with van der Waals surface area (Å²) in [5.74, 6) is -1.89. The van der Waals surface area contributed by atoms with Gasteiger partial charge in [-0.25, -0.2) is 4.79 Å². The molecular formula is C12H14N2O4. The molecule has 0 bridgehead atoms. The number of hydrogen-bond donors (Lipinski definition) is 3. The minimum atomic E-state index is -1.17. The summed E-state index contributed by atoms with van der Waals surface area (Å²) in [5, 5.41) is 11.1. The molecule has 0 aromatic carbocycles. The molecule has 0 aliphatic carbocycles. The molecule has 1 rings (SSSR count). The molecule has 0 saturated carbocycles. The monoisotopic (exact) mass is 250 g/mol. The van der Waals surface area contributed by atoms with Crippen LogP contribution in [0, 0.1) is 6.92 Å². The summed E-state index contributed by atoms with van der Waals surface area (Å²) in [7, 11) is 0. The molecule has 0 aliphatic heterocycles. The van der Waals surface area contributed by atoms with E-state index in [9.17, 15) is 14.4 Å². The van der Waals surface area contributed by atoms with E-state index < -0.39 is 23.3 Å². The van der Waals surface area contributed by atoms with E-state index in [1.165, 1.54) is 18.3 Å². The highest BCUT2D eigenvalue weighted by Gasteiger charge is 2.20. The number of aromatic amines is 1. The molecule has 1 aromatic heterocycles. The van der Waals surface area contributed by atoms with E-state index in [4.69, 9.17) is 5.11 Å². The zero-order chi connectivity index (χ0) is 13.7. The molecule has 96 valence electrons. The van der Waals surface area contributed by atoms with Gasteiger partial charge in [-0.1, -0.05) is 6.08 Å². The SMILES string of the molecule is C=CCC(NC(=O)c1c[nH]c(C)cc1=O)C(=O)O. The smallest absolute Gasteiger partial charge is 0.326 e. The summed E-state index contributed by atoms with van der Waals surface area (Å²) in [6.45, 7) is 5.09. The first-order valence-corrected chi connectivity index (χ1v) is 5.29. The number of pyridine rings is 1. The summed E-state index contributed by atoms with van der Waals surface area (Å²) in [6, 6.07) is 0.189. The fourth-order valence-electron chi connectivity index (χ4n) is 1.37. The lowest BCUT2D eigenvalue weighted by atomic mass is 10.1. The zero-order valence-corrected chi connectivity index (χ0v) is 9.90. The first-order valence-electron chi connectivity index (χ1n) is 5.29. The van der Waals surface area contributed by atoms with Crippen LogP contribution in [0.2, 0.25) is 0 Å². The molecule has 0 aliphatic rings. The van der Waals surface area contributed by atoms with Crippen molar-refractivity contribution in [3.05, 3.63) is 46.4 Å². The number of aryl methyl sites for hydroxylation is 1. The van der Waals surface area contributed by atoms with E-state index in [0.717, 1.165) is 0 Å². The second-order valence-electron chi connectivity index (χ2n) is 3.78. The van der Waals surface area contributed by atoms with Crippen LogP contribution in [-0.4, -0.2) is 28.0 Å². The maximum atomic E-state index is 11.7. The van der Waals surface area contributed by atoms with Crippen LogP contribution in [0.1, 0.15) is 22.5 Å². The van der Waals surface area contributed by atoms with Crippen molar-refractivity contribution in [2.24, 2.45) is 0 Å². The van der Waals surface area contributed by atoms with Crippen LogP contribution in [0.15, 0.2) is 29.7 Å². The van der Waals surface area contributed by atoms with Crippen LogP contribution in [0.5, 0.6) is 0 Å². The van der Waals surface area contributed by atoms with Gasteiger partial charge in [0.2, 0.25) is 0 Å². The summed E-state index contributed by atoms with van der Waals surface area (Å²) in [6.07, 6.45) is 2.74. The van der Waals surface area contributed by atoms with Gasteiger partial charge in [0.1, 0.15) is 11.6 Å². The third-order valence-corrected chi connectivity index (χ3v) is 2.31. The number of H-pyrrole nitrogens is 1. The van der Waals surface area contributed by atoms with Crippen molar-refractivity contribution in [2.75, 3.05) is 0 Å². The Bertz CT molecular complexity index is 533. The maximum Gasteiger partial charge on any atom is 0.326 e. The van der Waals surface area contributed by atoms with E-state index >= 15 is 0 Å². The first kappa shape index (κ1) is 13.7. The molecule has 0 spiro atoms. The van der Waals surface area contributed by atoms with Gasteiger partial charge in [-0.2, -0.15) is 0 Å². The Hall–Kier alpha value is -2.37. The van der Waals surface area contributed by atoms with Crippen molar-refractivity contribution in [1.82, 2.24) is 10.3 Å². The molecule has 3 N–H and O–H groups in total. The standard InChI is InChI=1S/C12H14N2O4/c1-3-4-9(12(17)18)14-11(16)8-6-13-7(2)5-10(8)15/h3,5-6,9H,1,4H2,2H3,(H,13,15)(H,14,16)(H,17,18). The number of hydrogen-bond acceptors (Lipinski definition) is 3. The molecule has 18 heavy (non-hydrogen) atoms. The maximum absolute atomic E-state index is 11.7. The van der Waals surface area contributed by atoms with Crippen LogP contribution in [-0.2, 0) is 4.79 Å². The van der Waals surface area contributed by atoms with Gasteiger partial charge in [0.05, 0.1) is 0 Å². The minimum Gasteiger partial charge on any atom is -0.480 e. The van der Waals surface area contributed by atoms with Crippen molar-refractivity contribution in [3.63, 3.8) is 0 Å². The number of rotatable bonds is 5. The average Bonchev–Trinajstić information content (AvgIpc) is 2.27. The molecule has 1 aromatic rings. The van der Waals surface area contributed by atoms with Crippen LogP contribution >= 0.6 is 0 Å². The number of carbonyl (C=O) groups excluding carboxylic acids is 1. The highest BCUT2D eigenvalue weighted by molar-refractivity contribution is 5.96. The average molecular weight is 250 g/mol. The van der Waals surface area contributed by atoms with Crippen LogP contribution in [0.25, 0.3) is 0 Å². The van der Waals surface area contributed by atoms with Crippen molar-refractivity contribution < 1.29 is 14.7 Å². The van der Waals surface area contributed by atoms with Crippen LogP contribution in [0.3, 0.4) is 0 Å². The topological polar surface area (TPSA) is 99.3 Å². The number of aliphatic carboxylic acids is 1. The molecule has 6 nitrogen and oxygen atoms in total. The van der Waals surface area contributed by atoms with E-state index in [0.29, 0.717) is 5.69 Å². The van der Waals surface area contributed by atoms with E-state index in [1.54, 1.807) is 6.92 Å². The molecule has 0 radical (unpaired) electrons. The molecule has 1 atom stereocenters. The predicted octanol–water partition coefficient (Wildman–Crippen LogP) is 0.442. The summed E-state index contributed by atoms with van der Waals surface area (Å²) in [4.78, 5) is 36.9. The number of aromatic nitrogens is 1. The molecular weight excluding hydrogens is 236 g/mol. The number of amides is 1. The van der Waals surface area contributed by atoms with Crippen molar-refractivity contribution in [1.29, 1.82) is 0 Å². The Kier molecular flexibility index (Phi) is 4.42. The highest BCUT2D eigenvalue weighted by Crippen LogP contribution is 1.97. The van der Waals surface area contributed by atoms with Crippen molar-refractivity contribution in [2.45, 2.75) is 19.4 Å². The Morgan fingerprint density at radius 1 is 1.61 bits per heavy atom.